The first-order valence-corrected chi connectivity index (χ1v) is 7.99. The average Bonchev–Trinajstić information content (AvgIpc) is 2.77. The summed E-state index contributed by atoms with van der Waals surface area (Å²) in [4.78, 5) is 21.6. The van der Waals surface area contributed by atoms with E-state index in [2.05, 4.69) is 29.1 Å². The molecule has 0 atom stereocenters. The Morgan fingerprint density at radius 2 is 2.08 bits per heavy atom. The van der Waals surface area contributed by atoms with E-state index in [0.29, 0.717) is 18.2 Å². The number of fused-ring (bicyclic) bond motifs is 1. The zero-order valence-electron chi connectivity index (χ0n) is 14.6. The molecule has 0 unspecified atom stereocenters. The maximum absolute atomic E-state index is 13.6. The van der Waals surface area contributed by atoms with E-state index < -0.39 is 5.92 Å². The number of carbonyl (C=O) groups is 1. The first-order valence-electron chi connectivity index (χ1n) is 7.99. The molecule has 1 N–H and O–H groups in total. The van der Waals surface area contributed by atoms with Gasteiger partial charge in [-0.2, -0.15) is 8.78 Å². The zero-order valence-corrected chi connectivity index (χ0v) is 14.6. The molecule has 0 saturated heterocycles. The fourth-order valence-corrected chi connectivity index (χ4v) is 3.03. The van der Waals surface area contributed by atoms with Crippen molar-refractivity contribution in [3.63, 3.8) is 0 Å². The van der Waals surface area contributed by atoms with E-state index >= 15 is 0 Å². The smallest absolute Gasteiger partial charge is 0.287 e. The van der Waals surface area contributed by atoms with Gasteiger partial charge >= 0.3 is 0 Å². The lowest BCUT2D eigenvalue weighted by molar-refractivity contribution is -0.114. The molecule has 0 aromatic carbocycles. The van der Waals surface area contributed by atoms with E-state index in [1.54, 1.807) is 24.4 Å². The number of carbonyl (C=O) groups excluding carboxylic acids is 1. The molecule has 0 fully saturated rings. The van der Waals surface area contributed by atoms with Gasteiger partial charge in [-0.1, -0.05) is 19.9 Å². The normalized spacial score (nSPS) is 15.8. The topological polar surface area (TPSA) is 58.1 Å². The number of alkyl halides is 2. The van der Waals surface area contributed by atoms with Gasteiger partial charge in [0.05, 0.1) is 5.69 Å². The maximum atomic E-state index is 13.6. The fraction of sp³-hybridized carbons (Fsp3) is 0.389. The summed E-state index contributed by atoms with van der Waals surface area (Å²) in [6.45, 7) is 6.94. The Hall–Kier alpha value is -2.57. The number of rotatable bonds is 3. The third-order valence-corrected chi connectivity index (χ3v) is 4.22. The number of hydrogen-bond donors (Lipinski definition) is 1. The van der Waals surface area contributed by atoms with Crippen LogP contribution in [0.25, 0.3) is 0 Å². The molecule has 1 amide bonds. The van der Waals surface area contributed by atoms with Gasteiger partial charge < -0.3 is 10.2 Å². The average molecular weight is 346 g/mol. The predicted octanol–water partition coefficient (Wildman–Crippen LogP) is 3.98. The molecule has 7 heteroatoms. The van der Waals surface area contributed by atoms with Crippen LogP contribution in [0.3, 0.4) is 0 Å². The highest BCUT2D eigenvalue weighted by atomic mass is 19.3. The van der Waals surface area contributed by atoms with Crippen LogP contribution in [-0.2, 0) is 16.1 Å². The molecule has 2 aromatic rings. The summed E-state index contributed by atoms with van der Waals surface area (Å²) in [6.07, 6.45) is 1.72. The minimum Gasteiger partial charge on any atom is -0.325 e. The van der Waals surface area contributed by atoms with Gasteiger partial charge in [0.15, 0.2) is 0 Å². The molecule has 132 valence electrons. The summed E-state index contributed by atoms with van der Waals surface area (Å²) in [5.74, 6) is -2.35. The van der Waals surface area contributed by atoms with Gasteiger partial charge in [0.1, 0.15) is 17.3 Å². The molecule has 5 nitrogen and oxygen atoms in total. The minimum atomic E-state index is -3.01. The quantitative estimate of drug-likeness (QED) is 0.913. The Balaban J connectivity index is 2.07. The standard InChI is InChI=1S/C18H20F2N4O/c1-11(25)22-15-8-13-12(9-21-15)17(2,3)10-24(13)16-7-5-6-14(23-16)18(4,19)20/h5-9H,10H2,1-4H3,(H,21,22,25). The van der Waals surface area contributed by atoms with Crippen molar-refractivity contribution in [2.45, 2.75) is 39.0 Å². The molecular weight excluding hydrogens is 326 g/mol. The summed E-state index contributed by atoms with van der Waals surface area (Å²) in [6, 6.07) is 6.36. The maximum Gasteiger partial charge on any atom is 0.287 e. The highest BCUT2D eigenvalue weighted by Crippen LogP contribution is 2.44. The summed E-state index contributed by atoms with van der Waals surface area (Å²) in [5, 5.41) is 2.65. The van der Waals surface area contributed by atoms with Crippen LogP contribution in [0.2, 0.25) is 0 Å². The number of pyridine rings is 2. The number of amides is 1. The van der Waals surface area contributed by atoms with Crippen LogP contribution < -0.4 is 10.2 Å². The van der Waals surface area contributed by atoms with Crippen LogP contribution in [-0.4, -0.2) is 22.4 Å². The van der Waals surface area contributed by atoms with Crippen LogP contribution in [0.5, 0.6) is 0 Å². The summed E-state index contributed by atoms with van der Waals surface area (Å²) in [5.41, 5.74) is 1.31. The van der Waals surface area contributed by atoms with E-state index in [1.165, 1.54) is 13.0 Å². The lowest BCUT2D eigenvalue weighted by Crippen LogP contribution is -2.26. The molecular formula is C18H20F2N4O. The Morgan fingerprint density at radius 3 is 2.72 bits per heavy atom. The molecule has 0 aliphatic carbocycles. The van der Waals surface area contributed by atoms with Crippen LogP contribution >= 0.6 is 0 Å². The van der Waals surface area contributed by atoms with Gasteiger partial charge in [0.2, 0.25) is 5.91 Å². The lowest BCUT2D eigenvalue weighted by Gasteiger charge is -2.22. The molecule has 2 aromatic heterocycles. The van der Waals surface area contributed by atoms with Crippen molar-refractivity contribution in [2.75, 3.05) is 16.8 Å². The first-order chi connectivity index (χ1) is 11.6. The van der Waals surface area contributed by atoms with Crippen LogP contribution in [0, 0.1) is 0 Å². The van der Waals surface area contributed by atoms with Crippen molar-refractivity contribution in [2.24, 2.45) is 0 Å². The number of hydrogen-bond acceptors (Lipinski definition) is 4. The Kier molecular flexibility index (Phi) is 3.97. The second-order valence-corrected chi connectivity index (χ2v) is 7.01. The van der Waals surface area contributed by atoms with Gasteiger partial charge in [-0.3, -0.25) is 4.79 Å². The second-order valence-electron chi connectivity index (χ2n) is 7.01. The largest absolute Gasteiger partial charge is 0.325 e. The predicted molar refractivity (Wildman–Crippen MR) is 92.4 cm³/mol. The number of anilines is 3. The molecule has 1 aliphatic rings. The molecule has 0 saturated carbocycles. The number of aromatic nitrogens is 2. The van der Waals surface area contributed by atoms with Crippen molar-refractivity contribution >= 4 is 23.2 Å². The van der Waals surface area contributed by atoms with Crippen molar-refractivity contribution in [1.82, 2.24) is 9.97 Å². The third-order valence-electron chi connectivity index (χ3n) is 4.22. The minimum absolute atomic E-state index is 0.219. The Labute approximate surface area is 145 Å². The summed E-state index contributed by atoms with van der Waals surface area (Å²) < 4.78 is 27.3. The molecule has 0 bridgehead atoms. The molecule has 1 aliphatic heterocycles. The van der Waals surface area contributed by atoms with Gasteiger partial charge in [-0.05, 0) is 12.1 Å². The summed E-state index contributed by atoms with van der Waals surface area (Å²) in [7, 11) is 0. The molecule has 0 radical (unpaired) electrons. The first kappa shape index (κ1) is 17.3. The van der Waals surface area contributed by atoms with Crippen molar-refractivity contribution in [1.29, 1.82) is 0 Å². The second kappa shape index (κ2) is 5.75. The van der Waals surface area contributed by atoms with Crippen LogP contribution in [0.1, 0.15) is 39.0 Å². The lowest BCUT2D eigenvalue weighted by atomic mass is 9.88. The van der Waals surface area contributed by atoms with Crippen LogP contribution in [0.15, 0.2) is 30.5 Å². The molecule has 25 heavy (non-hydrogen) atoms. The molecule has 3 heterocycles. The molecule has 0 spiro atoms. The fourth-order valence-electron chi connectivity index (χ4n) is 3.03. The monoisotopic (exact) mass is 346 g/mol. The summed E-state index contributed by atoms with van der Waals surface area (Å²) >= 11 is 0. The van der Waals surface area contributed by atoms with Gasteiger partial charge in [0.25, 0.3) is 5.92 Å². The third kappa shape index (κ3) is 3.31. The van der Waals surface area contributed by atoms with E-state index in [0.717, 1.165) is 18.2 Å². The van der Waals surface area contributed by atoms with E-state index in [9.17, 15) is 13.6 Å². The zero-order chi connectivity index (χ0) is 18.4. The highest BCUT2D eigenvalue weighted by Gasteiger charge is 2.37. The van der Waals surface area contributed by atoms with Crippen molar-refractivity contribution < 1.29 is 13.6 Å². The van der Waals surface area contributed by atoms with Crippen molar-refractivity contribution in [3.8, 4) is 0 Å². The Morgan fingerprint density at radius 1 is 1.36 bits per heavy atom. The van der Waals surface area contributed by atoms with E-state index in [-0.39, 0.29) is 17.0 Å². The van der Waals surface area contributed by atoms with Gasteiger partial charge in [-0.15, -0.1) is 0 Å². The molecule has 3 rings (SSSR count). The van der Waals surface area contributed by atoms with E-state index in [1.807, 2.05) is 4.90 Å². The number of halogens is 2. The SMILES string of the molecule is CC(=O)Nc1cc2c(cn1)C(C)(C)CN2c1cccc(C(C)(F)F)n1. The Bertz CT molecular complexity index is 830. The number of nitrogens with zero attached hydrogens (tertiary/aromatic N) is 3. The van der Waals surface area contributed by atoms with Gasteiger partial charge in [-0.25, -0.2) is 9.97 Å². The van der Waals surface area contributed by atoms with E-state index in [4.69, 9.17) is 0 Å². The number of nitrogens with one attached hydrogen (secondary N) is 1. The van der Waals surface area contributed by atoms with Crippen molar-refractivity contribution in [3.05, 3.63) is 41.7 Å². The highest BCUT2D eigenvalue weighted by molar-refractivity contribution is 5.88. The van der Waals surface area contributed by atoms with Crippen LogP contribution in [0.4, 0.5) is 26.1 Å². The van der Waals surface area contributed by atoms with Gasteiger partial charge in [0, 0.05) is 43.6 Å².